The molecule has 1 N–H and O–H groups in total. The predicted octanol–water partition coefficient (Wildman–Crippen LogP) is 4.36. The summed E-state index contributed by atoms with van der Waals surface area (Å²) in [5, 5.41) is 3.76. The molecule has 0 aromatic heterocycles. The largest absolute Gasteiger partial charge is 0.308 e. The van der Waals surface area contributed by atoms with Crippen LogP contribution in [0.4, 0.5) is 0 Å². The summed E-state index contributed by atoms with van der Waals surface area (Å²) in [6.45, 7) is 3.33. The number of nitrogens with zero attached hydrogens (tertiary/aromatic N) is 1. The van der Waals surface area contributed by atoms with Crippen LogP contribution >= 0.6 is 15.9 Å². The zero-order valence-electron chi connectivity index (χ0n) is 13.0. The molecular formula is C17H27BrN2. The van der Waals surface area contributed by atoms with Gasteiger partial charge in [-0.15, -0.1) is 0 Å². The quantitative estimate of drug-likeness (QED) is 0.857. The van der Waals surface area contributed by atoms with Crippen LogP contribution in [0.1, 0.15) is 50.6 Å². The van der Waals surface area contributed by atoms with Crippen molar-refractivity contribution in [3.63, 3.8) is 0 Å². The van der Waals surface area contributed by atoms with E-state index in [0.29, 0.717) is 11.6 Å². The van der Waals surface area contributed by atoms with Gasteiger partial charge in [0, 0.05) is 22.6 Å². The average Bonchev–Trinajstić information content (AvgIpc) is 2.46. The number of likely N-dealkylation sites (N-methyl/N-ethyl adjacent to an activating group) is 1. The van der Waals surface area contributed by atoms with Gasteiger partial charge in [0.05, 0.1) is 0 Å². The molecule has 0 saturated heterocycles. The number of nitrogens with one attached hydrogen (secondary N) is 1. The molecule has 0 bridgehead atoms. The monoisotopic (exact) mass is 338 g/mol. The molecule has 0 amide bonds. The van der Waals surface area contributed by atoms with Gasteiger partial charge in [0.15, 0.2) is 0 Å². The van der Waals surface area contributed by atoms with Gasteiger partial charge >= 0.3 is 0 Å². The molecule has 0 radical (unpaired) electrons. The molecule has 1 saturated carbocycles. The van der Waals surface area contributed by atoms with Gasteiger partial charge < -0.3 is 10.2 Å². The normalized spacial score (nSPS) is 20.1. The lowest BCUT2D eigenvalue weighted by atomic mass is 9.80. The Hall–Kier alpha value is -0.380. The van der Waals surface area contributed by atoms with Gasteiger partial charge in [-0.05, 0) is 45.5 Å². The minimum atomic E-state index is 0.341. The minimum absolute atomic E-state index is 0.341. The molecule has 3 heteroatoms. The van der Waals surface area contributed by atoms with E-state index in [4.69, 9.17) is 0 Å². The summed E-state index contributed by atoms with van der Waals surface area (Å²) >= 11 is 3.65. The Balaban J connectivity index is 2.01. The second-order valence-corrected chi connectivity index (χ2v) is 7.16. The van der Waals surface area contributed by atoms with Gasteiger partial charge in [-0.2, -0.15) is 0 Å². The second-order valence-electron chi connectivity index (χ2n) is 6.30. The molecule has 1 atom stereocenters. The molecule has 0 spiro atoms. The average molecular weight is 339 g/mol. The minimum Gasteiger partial charge on any atom is -0.308 e. The standard InChI is InChI=1S/C17H27BrN2/c1-14(15-9-5-6-10-16(15)18)19-13-17(20(2)3)11-7-4-8-12-17/h5-6,9-10,14,19H,4,7-8,11-13H2,1-3H3. The van der Waals surface area contributed by atoms with Crippen LogP contribution in [0.5, 0.6) is 0 Å². The van der Waals surface area contributed by atoms with Gasteiger partial charge in [-0.3, -0.25) is 0 Å². The van der Waals surface area contributed by atoms with Crippen molar-refractivity contribution in [2.24, 2.45) is 0 Å². The summed E-state index contributed by atoms with van der Waals surface area (Å²) in [6.07, 6.45) is 6.76. The van der Waals surface area contributed by atoms with E-state index in [-0.39, 0.29) is 0 Å². The number of hydrogen-bond donors (Lipinski definition) is 1. The molecule has 2 nitrogen and oxygen atoms in total. The van der Waals surface area contributed by atoms with Crippen molar-refractivity contribution < 1.29 is 0 Å². The first-order valence-electron chi connectivity index (χ1n) is 7.70. The Morgan fingerprint density at radius 1 is 1.20 bits per heavy atom. The molecule has 0 heterocycles. The highest BCUT2D eigenvalue weighted by molar-refractivity contribution is 9.10. The summed E-state index contributed by atoms with van der Waals surface area (Å²) in [5.74, 6) is 0. The molecule has 1 fully saturated rings. The fraction of sp³-hybridized carbons (Fsp3) is 0.647. The summed E-state index contributed by atoms with van der Waals surface area (Å²) in [4.78, 5) is 2.44. The van der Waals surface area contributed by atoms with Crippen LogP contribution < -0.4 is 5.32 Å². The van der Waals surface area contributed by atoms with Crippen LogP contribution in [0.25, 0.3) is 0 Å². The molecular weight excluding hydrogens is 312 g/mol. The number of halogens is 1. The Labute approximate surface area is 132 Å². The molecule has 1 aromatic carbocycles. The Morgan fingerprint density at radius 3 is 2.45 bits per heavy atom. The van der Waals surface area contributed by atoms with Gasteiger partial charge in [-0.25, -0.2) is 0 Å². The van der Waals surface area contributed by atoms with Crippen LogP contribution in [-0.2, 0) is 0 Å². The highest BCUT2D eigenvalue weighted by atomic mass is 79.9. The van der Waals surface area contributed by atoms with E-state index in [2.05, 4.69) is 71.4 Å². The first-order valence-corrected chi connectivity index (χ1v) is 8.50. The highest BCUT2D eigenvalue weighted by Crippen LogP contribution is 2.32. The lowest BCUT2D eigenvalue weighted by Crippen LogP contribution is -2.53. The Bertz CT molecular complexity index is 425. The lowest BCUT2D eigenvalue weighted by Gasteiger charge is -2.44. The van der Waals surface area contributed by atoms with E-state index >= 15 is 0 Å². The SMILES string of the molecule is CC(NCC1(N(C)C)CCCCC1)c1ccccc1Br. The van der Waals surface area contributed by atoms with Crippen molar-refractivity contribution in [1.29, 1.82) is 0 Å². The molecule has 0 aliphatic heterocycles. The number of hydrogen-bond acceptors (Lipinski definition) is 2. The summed E-state index contributed by atoms with van der Waals surface area (Å²) in [6, 6.07) is 8.88. The molecule has 1 aromatic rings. The first kappa shape index (κ1) is 16.0. The smallest absolute Gasteiger partial charge is 0.0328 e. The first-order chi connectivity index (χ1) is 9.55. The van der Waals surface area contributed by atoms with Crippen molar-refractivity contribution in [2.45, 2.75) is 50.6 Å². The van der Waals surface area contributed by atoms with Crippen molar-refractivity contribution >= 4 is 15.9 Å². The maximum absolute atomic E-state index is 3.76. The molecule has 1 unspecified atom stereocenters. The van der Waals surface area contributed by atoms with Gasteiger partial charge in [-0.1, -0.05) is 53.4 Å². The van der Waals surface area contributed by atoms with Crippen LogP contribution in [0, 0.1) is 0 Å². The van der Waals surface area contributed by atoms with Crippen LogP contribution in [0.3, 0.4) is 0 Å². The second kappa shape index (κ2) is 7.06. The summed E-state index contributed by atoms with van der Waals surface area (Å²) in [5.41, 5.74) is 1.69. The van der Waals surface area contributed by atoms with Crippen LogP contribution in [0.2, 0.25) is 0 Å². The Kier molecular flexibility index (Phi) is 5.65. The van der Waals surface area contributed by atoms with E-state index < -0.39 is 0 Å². The van der Waals surface area contributed by atoms with Crippen LogP contribution in [0.15, 0.2) is 28.7 Å². The maximum atomic E-state index is 3.76. The van der Waals surface area contributed by atoms with E-state index in [1.165, 1.54) is 42.1 Å². The third-order valence-electron chi connectivity index (χ3n) is 4.84. The van der Waals surface area contributed by atoms with Crippen molar-refractivity contribution in [3.8, 4) is 0 Å². The Morgan fingerprint density at radius 2 is 1.85 bits per heavy atom. The number of rotatable bonds is 5. The maximum Gasteiger partial charge on any atom is 0.0328 e. The third kappa shape index (κ3) is 3.63. The zero-order chi connectivity index (χ0) is 14.6. The topological polar surface area (TPSA) is 15.3 Å². The van der Waals surface area contributed by atoms with Gasteiger partial charge in [0.1, 0.15) is 0 Å². The molecule has 1 aliphatic rings. The fourth-order valence-corrected chi connectivity index (χ4v) is 3.90. The summed E-state index contributed by atoms with van der Waals surface area (Å²) < 4.78 is 1.20. The van der Waals surface area contributed by atoms with E-state index in [0.717, 1.165) is 6.54 Å². The van der Waals surface area contributed by atoms with Crippen molar-refractivity contribution in [2.75, 3.05) is 20.6 Å². The van der Waals surface area contributed by atoms with Crippen molar-refractivity contribution in [3.05, 3.63) is 34.3 Å². The molecule has 112 valence electrons. The van der Waals surface area contributed by atoms with E-state index in [1.54, 1.807) is 0 Å². The van der Waals surface area contributed by atoms with Gasteiger partial charge in [0.2, 0.25) is 0 Å². The highest BCUT2D eigenvalue weighted by Gasteiger charge is 2.34. The van der Waals surface area contributed by atoms with Crippen LogP contribution in [-0.4, -0.2) is 31.1 Å². The lowest BCUT2D eigenvalue weighted by molar-refractivity contribution is 0.0958. The molecule has 2 rings (SSSR count). The predicted molar refractivity (Wildman–Crippen MR) is 90.1 cm³/mol. The van der Waals surface area contributed by atoms with E-state index in [1.807, 2.05) is 0 Å². The molecule has 20 heavy (non-hydrogen) atoms. The molecule has 1 aliphatic carbocycles. The zero-order valence-corrected chi connectivity index (χ0v) is 14.5. The van der Waals surface area contributed by atoms with E-state index in [9.17, 15) is 0 Å². The number of benzene rings is 1. The fourth-order valence-electron chi connectivity index (χ4n) is 3.27. The third-order valence-corrected chi connectivity index (χ3v) is 5.56. The van der Waals surface area contributed by atoms with Gasteiger partial charge in [0.25, 0.3) is 0 Å². The summed E-state index contributed by atoms with van der Waals surface area (Å²) in [7, 11) is 4.46. The van der Waals surface area contributed by atoms with Crippen molar-refractivity contribution in [1.82, 2.24) is 10.2 Å².